The van der Waals surface area contributed by atoms with Gasteiger partial charge in [0.05, 0.1) is 0 Å². The van der Waals surface area contributed by atoms with Crippen LogP contribution in [0.5, 0.6) is 0 Å². The van der Waals surface area contributed by atoms with E-state index >= 15 is 0 Å². The summed E-state index contributed by atoms with van der Waals surface area (Å²) in [5.41, 5.74) is 1.17. The summed E-state index contributed by atoms with van der Waals surface area (Å²) in [5.74, 6) is 2.19. The number of rotatable bonds is 4. The Morgan fingerprint density at radius 2 is 1.00 bits per heavy atom. The van der Waals surface area contributed by atoms with Crippen LogP contribution in [-0.4, -0.2) is 7.18 Å². The van der Waals surface area contributed by atoms with Gasteiger partial charge in [0.2, 0.25) is 0 Å². The molecule has 0 nitrogen and oxygen atoms in total. The first-order valence-electron chi connectivity index (χ1n) is 7.32. The topological polar surface area (TPSA) is 0 Å². The Kier molecular flexibility index (Phi) is 4.56. The van der Waals surface area contributed by atoms with Crippen molar-refractivity contribution in [1.82, 2.24) is 0 Å². The van der Waals surface area contributed by atoms with E-state index in [0.717, 1.165) is 0 Å². The average molecular weight is 299 g/mol. The normalized spacial score (nSPS) is 11.6. The predicted molar refractivity (Wildman–Crippen MR) is 100 cm³/mol. The van der Waals surface area contributed by atoms with Crippen LogP contribution in [0.2, 0.25) is 0 Å². The molecular weight excluding hydrogens is 282 g/mol. The number of hydrogen-bond acceptors (Lipinski definition) is 0. The third kappa shape index (κ3) is 3.21. The molecule has 0 spiro atoms. The van der Waals surface area contributed by atoms with Crippen molar-refractivity contribution in [3.63, 3.8) is 0 Å². The van der Waals surface area contributed by atoms with Crippen molar-refractivity contribution in [2.24, 2.45) is 0 Å². The van der Waals surface area contributed by atoms with Crippen molar-refractivity contribution in [1.29, 1.82) is 0 Å². The van der Waals surface area contributed by atoms with Gasteiger partial charge in [-0.05, 0) is 0 Å². The van der Waals surface area contributed by atoms with E-state index in [1.807, 2.05) is 30.3 Å². The van der Waals surface area contributed by atoms with Crippen LogP contribution in [0.15, 0.2) is 96.8 Å². The fourth-order valence-electron chi connectivity index (χ4n) is 2.44. The molecule has 22 heavy (non-hydrogen) atoms. The van der Waals surface area contributed by atoms with Gasteiger partial charge >= 0.3 is 133 Å². The summed E-state index contributed by atoms with van der Waals surface area (Å²) in [6, 6.07) is 31.0. The van der Waals surface area contributed by atoms with Crippen molar-refractivity contribution >= 4 is 30.6 Å². The van der Waals surface area contributed by atoms with Gasteiger partial charge in [-0.25, -0.2) is 0 Å². The van der Waals surface area contributed by atoms with Crippen LogP contribution >= 0.6 is 6.75 Å². The molecule has 0 amide bonds. The molecule has 0 saturated carbocycles. The van der Waals surface area contributed by atoms with Gasteiger partial charge in [-0.15, -0.1) is 0 Å². The zero-order valence-electron chi connectivity index (χ0n) is 12.3. The Morgan fingerprint density at radius 3 is 1.45 bits per heavy atom. The zero-order chi connectivity index (χ0) is 15.3. The SMILES string of the molecule is [B]=P(/C=C/c1ccccc1)(c1ccccc1)c1ccccc1. The Balaban J connectivity index is 2.09. The van der Waals surface area contributed by atoms with Gasteiger partial charge in [-0.3, -0.25) is 0 Å². The molecule has 0 unspecified atom stereocenters. The molecule has 0 atom stereocenters. The minimum absolute atomic E-state index is 1.17. The van der Waals surface area contributed by atoms with E-state index < -0.39 is 6.75 Å². The quantitative estimate of drug-likeness (QED) is 0.494. The molecule has 0 N–H and O–H groups in total. The molecule has 2 heteroatoms. The molecule has 3 rings (SSSR count). The summed E-state index contributed by atoms with van der Waals surface area (Å²) in [7, 11) is 6.91. The minimum atomic E-state index is -2.02. The first-order chi connectivity index (χ1) is 10.8. The molecule has 0 heterocycles. The molecular formula is C20H17BP. The van der Waals surface area contributed by atoms with Crippen molar-refractivity contribution in [2.75, 3.05) is 0 Å². The van der Waals surface area contributed by atoms with Crippen LogP contribution in [-0.2, 0) is 0 Å². The molecule has 105 valence electrons. The van der Waals surface area contributed by atoms with E-state index in [2.05, 4.69) is 72.6 Å². The van der Waals surface area contributed by atoms with Crippen molar-refractivity contribution in [2.45, 2.75) is 0 Å². The van der Waals surface area contributed by atoms with Gasteiger partial charge in [0.25, 0.3) is 0 Å². The fraction of sp³-hybridized carbons (Fsp3) is 0. The van der Waals surface area contributed by atoms with Crippen LogP contribution in [0.1, 0.15) is 5.56 Å². The second-order valence-corrected chi connectivity index (χ2v) is 8.06. The van der Waals surface area contributed by atoms with Gasteiger partial charge in [-0.2, -0.15) is 0 Å². The Hall–Kier alpha value is -2.11. The molecule has 0 aromatic heterocycles. The van der Waals surface area contributed by atoms with Gasteiger partial charge in [0.15, 0.2) is 0 Å². The Morgan fingerprint density at radius 1 is 0.591 bits per heavy atom. The van der Waals surface area contributed by atoms with Crippen LogP contribution in [0.4, 0.5) is 0 Å². The molecule has 0 saturated heterocycles. The summed E-state index contributed by atoms with van der Waals surface area (Å²) in [4.78, 5) is 0. The first-order valence-corrected chi connectivity index (χ1v) is 9.24. The van der Waals surface area contributed by atoms with Crippen LogP contribution in [0.3, 0.4) is 0 Å². The maximum absolute atomic E-state index is 6.91. The van der Waals surface area contributed by atoms with E-state index in [-0.39, 0.29) is 0 Å². The van der Waals surface area contributed by atoms with E-state index in [9.17, 15) is 0 Å². The first kappa shape index (κ1) is 14.8. The van der Waals surface area contributed by atoms with Crippen LogP contribution in [0.25, 0.3) is 6.08 Å². The second kappa shape index (κ2) is 6.77. The standard InChI is InChI=1S/C20H17BP/c21-22(19-12-6-2-7-13-19,20-14-8-3-9-15-20)17-16-18-10-4-1-5-11-18/h1-17H/b17-16+. The number of hydrogen-bond donors (Lipinski definition) is 0. The number of benzene rings is 3. The van der Waals surface area contributed by atoms with Gasteiger partial charge in [0, 0.05) is 0 Å². The molecule has 3 aromatic carbocycles. The molecule has 0 aliphatic heterocycles. The third-order valence-corrected chi connectivity index (χ3v) is 6.59. The van der Waals surface area contributed by atoms with Crippen molar-refractivity contribution in [3.05, 3.63) is 102 Å². The van der Waals surface area contributed by atoms with Crippen molar-refractivity contribution < 1.29 is 0 Å². The van der Waals surface area contributed by atoms with Gasteiger partial charge in [0.1, 0.15) is 0 Å². The zero-order valence-corrected chi connectivity index (χ0v) is 13.2. The Bertz CT molecular complexity index is 749. The summed E-state index contributed by atoms with van der Waals surface area (Å²) in [6.45, 7) is -2.02. The molecule has 0 bridgehead atoms. The molecule has 0 aliphatic rings. The molecule has 0 fully saturated rings. The van der Waals surface area contributed by atoms with E-state index in [1.165, 1.54) is 16.2 Å². The van der Waals surface area contributed by atoms with Gasteiger partial charge in [-0.1, -0.05) is 0 Å². The molecule has 1 radical (unpaired) electrons. The summed E-state index contributed by atoms with van der Waals surface area (Å²) < 4.78 is 0. The van der Waals surface area contributed by atoms with Crippen LogP contribution < -0.4 is 10.6 Å². The van der Waals surface area contributed by atoms with Gasteiger partial charge < -0.3 is 0 Å². The third-order valence-electron chi connectivity index (χ3n) is 3.67. The van der Waals surface area contributed by atoms with E-state index in [1.54, 1.807) is 0 Å². The van der Waals surface area contributed by atoms with E-state index in [4.69, 9.17) is 7.18 Å². The van der Waals surface area contributed by atoms with Crippen molar-refractivity contribution in [3.8, 4) is 0 Å². The molecule has 0 aliphatic carbocycles. The average Bonchev–Trinajstić information content (AvgIpc) is 2.62. The monoisotopic (exact) mass is 299 g/mol. The molecule has 3 aromatic rings. The summed E-state index contributed by atoms with van der Waals surface area (Å²) >= 11 is 0. The summed E-state index contributed by atoms with van der Waals surface area (Å²) in [5, 5.41) is 2.38. The fourth-order valence-corrected chi connectivity index (χ4v) is 4.82. The second-order valence-electron chi connectivity index (χ2n) is 5.17. The predicted octanol–water partition coefficient (Wildman–Crippen LogP) is 4.41. The maximum atomic E-state index is 6.91. The van der Waals surface area contributed by atoms with Crippen LogP contribution in [0, 0.1) is 0 Å². The Labute approximate surface area is 133 Å². The summed E-state index contributed by atoms with van der Waals surface area (Å²) in [6.07, 6.45) is 2.13. The van der Waals surface area contributed by atoms with E-state index in [0.29, 0.717) is 0 Å².